The van der Waals surface area contributed by atoms with Crippen molar-refractivity contribution in [3.05, 3.63) is 0 Å². The van der Waals surface area contributed by atoms with Crippen LogP contribution in [0.4, 0.5) is 9.59 Å². The Bertz CT molecular complexity index is 364. The third-order valence-electron chi connectivity index (χ3n) is 3.12. The van der Waals surface area contributed by atoms with Gasteiger partial charge in [-0.15, -0.1) is 0 Å². The number of imide groups is 1. The van der Waals surface area contributed by atoms with E-state index in [-0.39, 0.29) is 32.4 Å². The highest BCUT2D eigenvalue weighted by Gasteiger charge is 2.30. The predicted molar refractivity (Wildman–Crippen MR) is 66.0 cm³/mol. The van der Waals surface area contributed by atoms with Gasteiger partial charge in [0.2, 0.25) is 0 Å². The highest BCUT2D eigenvalue weighted by atomic mass is 16.6. The second kappa shape index (κ2) is 7.09. The Morgan fingerprint density at radius 1 is 1.40 bits per heavy atom. The first-order valence-electron chi connectivity index (χ1n) is 6.66. The minimum Gasteiger partial charge on any atom is -0.447 e. The van der Waals surface area contributed by atoms with Crippen molar-refractivity contribution in [1.29, 1.82) is 0 Å². The van der Waals surface area contributed by atoms with Crippen LogP contribution in [-0.4, -0.2) is 62.0 Å². The summed E-state index contributed by atoms with van der Waals surface area (Å²) in [6, 6.07) is 0. The molecule has 3 amide bonds. The van der Waals surface area contributed by atoms with Crippen molar-refractivity contribution in [1.82, 2.24) is 10.2 Å². The van der Waals surface area contributed by atoms with E-state index in [1.54, 1.807) is 0 Å². The van der Waals surface area contributed by atoms with E-state index >= 15 is 0 Å². The van der Waals surface area contributed by atoms with Gasteiger partial charge in [0.25, 0.3) is 5.91 Å². The van der Waals surface area contributed by atoms with E-state index < -0.39 is 18.1 Å². The fourth-order valence-electron chi connectivity index (χ4n) is 2.03. The Morgan fingerprint density at radius 2 is 2.25 bits per heavy atom. The average Bonchev–Trinajstić information content (AvgIpc) is 2.78. The van der Waals surface area contributed by atoms with Crippen molar-refractivity contribution >= 4 is 18.1 Å². The summed E-state index contributed by atoms with van der Waals surface area (Å²) in [5.41, 5.74) is 0. The minimum absolute atomic E-state index is 0.0374. The zero-order valence-electron chi connectivity index (χ0n) is 11.1. The largest absolute Gasteiger partial charge is 0.447 e. The first kappa shape index (κ1) is 14.6. The van der Waals surface area contributed by atoms with E-state index in [0.29, 0.717) is 6.61 Å². The van der Waals surface area contributed by atoms with E-state index in [4.69, 9.17) is 9.47 Å². The molecule has 8 heteroatoms. The Morgan fingerprint density at radius 3 is 2.90 bits per heavy atom. The summed E-state index contributed by atoms with van der Waals surface area (Å²) in [6.07, 6.45) is 1.71. The summed E-state index contributed by atoms with van der Waals surface area (Å²) in [5.74, 6) is -0.402. The van der Waals surface area contributed by atoms with Crippen molar-refractivity contribution in [2.24, 2.45) is 0 Å². The van der Waals surface area contributed by atoms with Gasteiger partial charge < -0.3 is 19.5 Å². The first-order chi connectivity index (χ1) is 9.66. The number of amides is 3. The lowest BCUT2D eigenvalue weighted by atomic mass is 10.1. The zero-order chi connectivity index (χ0) is 14.4. The monoisotopic (exact) mass is 286 g/mol. The maximum atomic E-state index is 11.4. The molecule has 2 aliphatic rings. The fraction of sp³-hybridized carbons (Fsp3) is 0.750. The summed E-state index contributed by atoms with van der Waals surface area (Å²) in [7, 11) is 0. The molecule has 0 radical (unpaired) electrons. The summed E-state index contributed by atoms with van der Waals surface area (Å²) >= 11 is 0. The molecule has 8 nitrogen and oxygen atoms in total. The summed E-state index contributed by atoms with van der Waals surface area (Å²) in [5, 5.41) is 2.47. The molecule has 0 aromatic heterocycles. The van der Waals surface area contributed by atoms with E-state index in [2.05, 4.69) is 10.1 Å². The lowest BCUT2D eigenvalue weighted by molar-refractivity contribution is -0.125. The van der Waals surface area contributed by atoms with Crippen molar-refractivity contribution in [2.75, 3.05) is 32.9 Å². The van der Waals surface area contributed by atoms with Gasteiger partial charge in [0.05, 0.1) is 6.10 Å². The van der Waals surface area contributed by atoms with Crippen LogP contribution >= 0.6 is 0 Å². The van der Waals surface area contributed by atoms with Crippen molar-refractivity contribution in [2.45, 2.75) is 25.4 Å². The number of carbonyl (C=O) groups is 3. The van der Waals surface area contributed by atoms with E-state index in [1.807, 2.05) is 0 Å². The number of nitrogens with zero attached hydrogens (tertiary/aromatic N) is 1. The number of rotatable bonds is 5. The first-order valence-corrected chi connectivity index (χ1v) is 6.66. The van der Waals surface area contributed by atoms with E-state index in [0.717, 1.165) is 24.2 Å². The van der Waals surface area contributed by atoms with Crippen LogP contribution in [0, 0.1) is 0 Å². The second-order valence-corrected chi connectivity index (χ2v) is 4.61. The Hall–Kier alpha value is -1.83. The third kappa shape index (κ3) is 4.09. The molecule has 1 atom stereocenters. The smallest absolute Gasteiger partial charge is 0.417 e. The molecule has 20 heavy (non-hydrogen) atoms. The van der Waals surface area contributed by atoms with Gasteiger partial charge in [0, 0.05) is 19.7 Å². The number of nitrogens with one attached hydrogen (secondary N) is 1. The van der Waals surface area contributed by atoms with Gasteiger partial charge in [-0.3, -0.25) is 4.79 Å². The van der Waals surface area contributed by atoms with Gasteiger partial charge in [-0.1, -0.05) is 0 Å². The lowest BCUT2D eigenvalue weighted by Crippen LogP contribution is -2.38. The molecular formula is C12H18N2O6. The molecule has 1 N–H and O–H groups in total. The maximum absolute atomic E-state index is 11.4. The highest BCUT2D eigenvalue weighted by molar-refractivity contribution is 5.97. The molecule has 2 rings (SSSR count). The van der Waals surface area contributed by atoms with Crippen LogP contribution in [0.15, 0.2) is 0 Å². The standard InChI is InChI=1S/C12H18N2O6/c15-10-8-20-12(17)14(10)5-4-13-11(16)19-7-9-3-1-2-6-18-9/h9H,1-8H2,(H,13,16). The molecule has 0 saturated carbocycles. The third-order valence-corrected chi connectivity index (χ3v) is 3.12. The van der Waals surface area contributed by atoms with Crippen molar-refractivity contribution in [3.8, 4) is 0 Å². The van der Waals surface area contributed by atoms with Crippen LogP contribution in [0.2, 0.25) is 0 Å². The van der Waals surface area contributed by atoms with Crippen LogP contribution in [-0.2, 0) is 19.0 Å². The number of carbonyl (C=O) groups excluding carboxylic acids is 3. The second-order valence-electron chi connectivity index (χ2n) is 4.61. The van der Waals surface area contributed by atoms with Crippen LogP contribution < -0.4 is 5.32 Å². The Balaban J connectivity index is 1.58. The molecule has 0 aromatic carbocycles. The number of cyclic esters (lactones) is 1. The number of hydrogen-bond acceptors (Lipinski definition) is 6. The van der Waals surface area contributed by atoms with Crippen LogP contribution in [0.25, 0.3) is 0 Å². The van der Waals surface area contributed by atoms with E-state index in [1.165, 1.54) is 0 Å². The quantitative estimate of drug-likeness (QED) is 0.779. The topological polar surface area (TPSA) is 94.2 Å². The minimum atomic E-state index is -0.680. The fourth-order valence-corrected chi connectivity index (χ4v) is 2.03. The predicted octanol–water partition coefficient (Wildman–Crippen LogP) is 0.260. The van der Waals surface area contributed by atoms with Crippen molar-refractivity contribution in [3.63, 3.8) is 0 Å². The summed E-state index contributed by atoms with van der Waals surface area (Å²) in [4.78, 5) is 34.7. The lowest BCUT2D eigenvalue weighted by Gasteiger charge is -2.22. The Kier molecular flexibility index (Phi) is 5.16. The summed E-state index contributed by atoms with van der Waals surface area (Å²) in [6.45, 7) is 0.894. The molecule has 112 valence electrons. The molecule has 2 fully saturated rings. The van der Waals surface area contributed by atoms with Gasteiger partial charge in [0.1, 0.15) is 6.61 Å². The molecule has 0 aliphatic carbocycles. The molecular weight excluding hydrogens is 268 g/mol. The molecule has 2 saturated heterocycles. The van der Waals surface area contributed by atoms with E-state index in [9.17, 15) is 14.4 Å². The molecule has 0 aromatic rings. The zero-order valence-corrected chi connectivity index (χ0v) is 11.1. The van der Waals surface area contributed by atoms with Gasteiger partial charge in [0.15, 0.2) is 6.61 Å². The van der Waals surface area contributed by atoms with Gasteiger partial charge in [-0.2, -0.15) is 0 Å². The number of hydrogen-bond donors (Lipinski definition) is 1. The molecule has 2 heterocycles. The average molecular weight is 286 g/mol. The SMILES string of the molecule is O=C(NCCN1C(=O)COC1=O)OCC1CCCCO1. The summed E-state index contributed by atoms with van der Waals surface area (Å²) < 4.78 is 15.0. The molecule has 2 aliphatic heterocycles. The van der Waals surface area contributed by atoms with Gasteiger partial charge in [-0.05, 0) is 19.3 Å². The molecule has 1 unspecified atom stereocenters. The number of alkyl carbamates (subject to hydrolysis) is 1. The normalized spacial score (nSPS) is 22.6. The van der Waals surface area contributed by atoms with Crippen LogP contribution in [0.5, 0.6) is 0 Å². The number of ether oxygens (including phenoxy) is 3. The highest BCUT2D eigenvalue weighted by Crippen LogP contribution is 2.12. The van der Waals surface area contributed by atoms with Gasteiger partial charge in [-0.25, -0.2) is 14.5 Å². The van der Waals surface area contributed by atoms with Crippen LogP contribution in [0.1, 0.15) is 19.3 Å². The van der Waals surface area contributed by atoms with Crippen LogP contribution in [0.3, 0.4) is 0 Å². The molecule has 0 spiro atoms. The Labute approximate surface area is 116 Å². The molecule has 0 bridgehead atoms. The maximum Gasteiger partial charge on any atom is 0.417 e. The van der Waals surface area contributed by atoms with Gasteiger partial charge >= 0.3 is 12.2 Å². The van der Waals surface area contributed by atoms with Crippen molar-refractivity contribution < 1.29 is 28.6 Å².